The van der Waals surface area contributed by atoms with Crippen LogP contribution in [0.25, 0.3) is 0 Å². The first kappa shape index (κ1) is 26.1. The number of ether oxygens (including phenoxy) is 1. The Labute approximate surface area is 206 Å². The molecule has 1 aromatic heterocycles. The van der Waals surface area contributed by atoms with Gasteiger partial charge in [-0.3, -0.25) is 0 Å². The van der Waals surface area contributed by atoms with Crippen molar-refractivity contribution in [3.63, 3.8) is 0 Å². The average Bonchev–Trinajstić information content (AvgIpc) is 3.37. The number of aromatic carboxylic acids is 1. The van der Waals surface area contributed by atoms with Crippen molar-refractivity contribution in [1.82, 2.24) is 0 Å². The third kappa shape index (κ3) is 8.01. The van der Waals surface area contributed by atoms with E-state index in [4.69, 9.17) is 21.4 Å². The highest BCUT2D eigenvalue weighted by molar-refractivity contribution is 7.13. The van der Waals surface area contributed by atoms with Crippen LogP contribution in [0.4, 0.5) is 0 Å². The maximum absolute atomic E-state index is 11.1. The molecular formula is C27H37ClO4S. The molecule has 6 heteroatoms. The number of aliphatic hydroxyl groups is 1. The van der Waals surface area contributed by atoms with Gasteiger partial charge in [-0.15, -0.1) is 22.9 Å². The number of carbonyl (C=O) groups is 1. The Morgan fingerprint density at radius 1 is 1.03 bits per heavy atom. The highest BCUT2D eigenvalue weighted by Crippen LogP contribution is 2.39. The minimum atomic E-state index is -0.872. The van der Waals surface area contributed by atoms with Gasteiger partial charge < -0.3 is 14.9 Å². The van der Waals surface area contributed by atoms with Crippen LogP contribution in [0.3, 0.4) is 0 Å². The highest BCUT2D eigenvalue weighted by Gasteiger charge is 2.41. The normalized spacial score (nSPS) is 22.5. The Bertz CT molecular complexity index is 850. The molecule has 4 nitrogen and oxygen atoms in total. The van der Waals surface area contributed by atoms with Crippen molar-refractivity contribution in [2.45, 2.75) is 82.6 Å². The summed E-state index contributed by atoms with van der Waals surface area (Å²) in [4.78, 5) is 12.5. The van der Waals surface area contributed by atoms with Crippen molar-refractivity contribution in [2.24, 2.45) is 11.8 Å². The third-order valence-electron chi connectivity index (χ3n) is 6.74. The quantitative estimate of drug-likeness (QED) is 0.221. The van der Waals surface area contributed by atoms with Crippen LogP contribution in [0.5, 0.6) is 5.75 Å². The van der Waals surface area contributed by atoms with Crippen molar-refractivity contribution >= 4 is 28.9 Å². The molecule has 1 aliphatic rings. The fourth-order valence-corrected chi connectivity index (χ4v) is 6.16. The van der Waals surface area contributed by atoms with E-state index in [1.165, 1.54) is 49.0 Å². The van der Waals surface area contributed by atoms with Crippen LogP contribution in [0.2, 0.25) is 0 Å². The number of carboxylic acid groups (broad SMARTS) is 1. The first-order chi connectivity index (χ1) is 16.0. The van der Waals surface area contributed by atoms with Gasteiger partial charge in [0.2, 0.25) is 0 Å². The number of unbranched alkanes of at least 4 members (excludes halogenated alkanes) is 4. The van der Waals surface area contributed by atoms with Crippen molar-refractivity contribution in [3.05, 3.63) is 51.7 Å². The zero-order valence-corrected chi connectivity index (χ0v) is 21.1. The van der Waals surface area contributed by atoms with Gasteiger partial charge in [0, 0.05) is 16.2 Å². The third-order valence-corrected chi connectivity index (χ3v) is 8.38. The molecule has 1 fully saturated rings. The molecule has 1 aliphatic carbocycles. The van der Waals surface area contributed by atoms with Gasteiger partial charge in [-0.1, -0.05) is 44.7 Å². The summed E-state index contributed by atoms with van der Waals surface area (Å²) in [6.07, 6.45) is 10.4. The summed E-state index contributed by atoms with van der Waals surface area (Å²) in [5.74, 6) is 0.184. The molecule has 0 unspecified atom stereocenters. The van der Waals surface area contributed by atoms with E-state index in [-0.39, 0.29) is 17.2 Å². The van der Waals surface area contributed by atoms with Crippen molar-refractivity contribution in [2.75, 3.05) is 6.61 Å². The highest BCUT2D eigenvalue weighted by atomic mass is 35.5. The summed E-state index contributed by atoms with van der Waals surface area (Å²) >= 11 is 7.92. The summed E-state index contributed by atoms with van der Waals surface area (Å²) in [5.41, 5.74) is 1.35. The summed E-state index contributed by atoms with van der Waals surface area (Å²) in [5, 5.41) is 19.6. The number of hydrogen-bond acceptors (Lipinski definition) is 4. The van der Waals surface area contributed by atoms with Gasteiger partial charge in [0.15, 0.2) is 0 Å². The molecule has 0 saturated heterocycles. The number of thiophene rings is 1. The molecule has 0 bridgehead atoms. The fourth-order valence-electron chi connectivity index (χ4n) is 4.78. The lowest BCUT2D eigenvalue weighted by Crippen LogP contribution is -2.27. The van der Waals surface area contributed by atoms with Crippen molar-refractivity contribution in [1.29, 1.82) is 0 Å². The molecule has 2 aromatic rings. The lowest BCUT2D eigenvalue weighted by Gasteiger charge is -2.23. The van der Waals surface area contributed by atoms with E-state index in [1.807, 2.05) is 18.2 Å². The van der Waals surface area contributed by atoms with Crippen LogP contribution < -0.4 is 4.74 Å². The Hall–Kier alpha value is -1.56. The maximum atomic E-state index is 11.1. The van der Waals surface area contributed by atoms with E-state index in [0.29, 0.717) is 17.9 Å². The Morgan fingerprint density at radius 3 is 2.48 bits per heavy atom. The summed E-state index contributed by atoms with van der Waals surface area (Å²) < 4.78 is 6.06. The number of benzene rings is 1. The Morgan fingerprint density at radius 2 is 1.79 bits per heavy atom. The number of hydrogen-bond donors (Lipinski definition) is 2. The number of aryl methyl sites for hydroxylation is 2. The fraction of sp³-hybridized carbons (Fsp3) is 0.593. The lowest BCUT2D eigenvalue weighted by atomic mass is 9.90. The number of carboxylic acids is 1. The Kier molecular flexibility index (Phi) is 10.5. The smallest absolute Gasteiger partial charge is 0.345 e. The van der Waals surface area contributed by atoms with Gasteiger partial charge in [0.25, 0.3) is 0 Å². The second kappa shape index (κ2) is 13.4. The molecule has 3 rings (SSSR count). The van der Waals surface area contributed by atoms with Gasteiger partial charge in [0.05, 0.1) is 12.7 Å². The van der Waals surface area contributed by atoms with Crippen molar-refractivity contribution < 1.29 is 19.7 Å². The van der Waals surface area contributed by atoms with E-state index < -0.39 is 12.1 Å². The summed E-state index contributed by atoms with van der Waals surface area (Å²) in [6, 6.07) is 11.9. The van der Waals surface area contributed by atoms with Crippen LogP contribution in [0, 0.1) is 11.8 Å². The molecule has 0 radical (unpaired) electrons. The summed E-state index contributed by atoms with van der Waals surface area (Å²) in [7, 11) is 0. The topological polar surface area (TPSA) is 66.8 Å². The van der Waals surface area contributed by atoms with E-state index >= 15 is 0 Å². The zero-order valence-electron chi connectivity index (χ0n) is 19.5. The Balaban J connectivity index is 1.44. The van der Waals surface area contributed by atoms with E-state index in [2.05, 4.69) is 19.1 Å². The molecule has 0 aliphatic heterocycles. The molecule has 1 saturated carbocycles. The zero-order chi connectivity index (χ0) is 23.6. The minimum absolute atomic E-state index is 0.0173. The molecule has 0 amide bonds. The largest absolute Gasteiger partial charge is 0.493 e. The second-order valence-electron chi connectivity index (χ2n) is 9.23. The van der Waals surface area contributed by atoms with Crippen LogP contribution in [0.15, 0.2) is 36.4 Å². The molecule has 33 heavy (non-hydrogen) atoms. The SMILES string of the molecule is CCCCCCCc1ccc(OC[C@@H]2[C@@H](CCCc3ccc(C(=O)O)s3)[C@H](Cl)C[C@H]2O)cc1. The van der Waals surface area contributed by atoms with Crippen LogP contribution in [-0.2, 0) is 12.8 Å². The number of rotatable bonds is 14. The van der Waals surface area contributed by atoms with Crippen LogP contribution in [-0.4, -0.2) is 34.3 Å². The summed E-state index contributed by atoms with van der Waals surface area (Å²) in [6.45, 7) is 2.70. The standard InChI is InChI=1S/C27H37ClO4S/c1-2-3-4-5-6-8-19-11-13-20(14-12-19)32-18-23-22(24(28)17-25(23)29)10-7-9-21-15-16-26(33-21)27(30)31/h11-16,22-25,29H,2-10,17-18H2,1H3,(H,30,31)/t22-,23-,24-,25-/m1/s1. The predicted molar refractivity (Wildman–Crippen MR) is 136 cm³/mol. The molecule has 0 spiro atoms. The number of aliphatic hydroxyl groups excluding tert-OH is 1. The minimum Gasteiger partial charge on any atom is -0.493 e. The molecule has 4 atom stereocenters. The average molecular weight is 493 g/mol. The maximum Gasteiger partial charge on any atom is 0.345 e. The van der Waals surface area contributed by atoms with Gasteiger partial charge >= 0.3 is 5.97 Å². The predicted octanol–water partition coefficient (Wildman–Crippen LogP) is 6.97. The first-order valence-electron chi connectivity index (χ1n) is 12.3. The molecular weight excluding hydrogens is 456 g/mol. The molecule has 1 aromatic carbocycles. The van der Waals surface area contributed by atoms with Gasteiger partial charge in [-0.2, -0.15) is 0 Å². The van der Waals surface area contributed by atoms with Crippen LogP contribution >= 0.6 is 22.9 Å². The number of alkyl halides is 1. The van der Waals surface area contributed by atoms with Gasteiger partial charge in [-0.05, 0) is 74.3 Å². The van der Waals surface area contributed by atoms with E-state index in [1.54, 1.807) is 6.07 Å². The van der Waals surface area contributed by atoms with Gasteiger partial charge in [-0.25, -0.2) is 4.79 Å². The monoisotopic (exact) mass is 492 g/mol. The van der Waals surface area contributed by atoms with E-state index in [0.717, 1.165) is 36.3 Å². The number of halogens is 1. The second-order valence-corrected chi connectivity index (χ2v) is 11.0. The van der Waals surface area contributed by atoms with Crippen molar-refractivity contribution in [3.8, 4) is 5.75 Å². The molecule has 1 heterocycles. The van der Waals surface area contributed by atoms with Crippen LogP contribution in [0.1, 0.15) is 78.4 Å². The molecule has 182 valence electrons. The first-order valence-corrected chi connectivity index (χ1v) is 13.6. The van der Waals surface area contributed by atoms with E-state index in [9.17, 15) is 9.90 Å². The lowest BCUT2D eigenvalue weighted by molar-refractivity contribution is 0.0701. The van der Waals surface area contributed by atoms with Gasteiger partial charge in [0.1, 0.15) is 10.6 Å². The molecule has 2 N–H and O–H groups in total.